The van der Waals surface area contributed by atoms with Gasteiger partial charge in [-0.05, 0) is 0 Å². The molecule has 13 nitrogen and oxygen atoms in total. The minimum Gasteiger partial charge on any atom is -0.477 e. The summed E-state index contributed by atoms with van der Waals surface area (Å²) >= 11 is 7.55. The first-order chi connectivity index (χ1) is 15.7. The number of rotatable bonds is 8. The second kappa shape index (κ2) is 10.2. The van der Waals surface area contributed by atoms with Crippen molar-refractivity contribution < 1.29 is 39.0 Å². The van der Waals surface area contributed by atoms with E-state index in [0.29, 0.717) is 0 Å². The quantitative estimate of drug-likeness (QED) is 0.0897. The largest absolute Gasteiger partial charge is 0.477 e. The Bertz CT molecular complexity index is 1090. The SMILES string of the molecule is CC(=O)OCC1=C(C(=O)O)N2C(=O)C(NC(=O)/C(=N\O)c3csc(NC(=O)CCl)n3)[C@H]2SC1. The van der Waals surface area contributed by atoms with Gasteiger partial charge in [-0.2, -0.15) is 0 Å². The van der Waals surface area contributed by atoms with Gasteiger partial charge >= 0.3 is 11.9 Å². The van der Waals surface area contributed by atoms with Gasteiger partial charge in [0.1, 0.15) is 35.3 Å². The maximum absolute atomic E-state index is 12.7. The predicted octanol–water partition coefficient (Wildman–Crippen LogP) is -0.200. The van der Waals surface area contributed by atoms with Gasteiger partial charge in [-0.3, -0.25) is 24.1 Å². The number of halogens is 1. The molecule has 3 heterocycles. The van der Waals surface area contributed by atoms with Gasteiger partial charge in [-0.1, -0.05) is 5.16 Å². The molecule has 0 spiro atoms. The van der Waals surface area contributed by atoms with Crippen LogP contribution in [0.25, 0.3) is 0 Å². The van der Waals surface area contributed by atoms with Crippen LogP contribution in [0.3, 0.4) is 0 Å². The zero-order chi connectivity index (χ0) is 24.3. The van der Waals surface area contributed by atoms with Crippen molar-refractivity contribution in [1.29, 1.82) is 0 Å². The van der Waals surface area contributed by atoms with Gasteiger partial charge < -0.3 is 25.7 Å². The Hall–Kier alpha value is -3.17. The number of nitrogens with one attached hydrogen (secondary N) is 2. The Kier molecular flexibility index (Phi) is 7.55. The van der Waals surface area contributed by atoms with Crippen molar-refractivity contribution in [1.82, 2.24) is 15.2 Å². The lowest BCUT2D eigenvalue weighted by atomic mass is 10.0. The van der Waals surface area contributed by atoms with E-state index in [1.54, 1.807) is 0 Å². The highest BCUT2D eigenvalue weighted by atomic mass is 35.5. The Morgan fingerprint density at radius 2 is 2.12 bits per heavy atom. The smallest absolute Gasteiger partial charge is 0.352 e. The van der Waals surface area contributed by atoms with Crippen LogP contribution in [0.1, 0.15) is 12.6 Å². The third-order valence-corrected chi connectivity index (χ3v) is 6.76. The molecule has 2 aliphatic rings. The minimum atomic E-state index is -1.37. The van der Waals surface area contributed by atoms with E-state index >= 15 is 0 Å². The fourth-order valence-corrected chi connectivity index (χ4v) is 5.10. The molecule has 0 bridgehead atoms. The van der Waals surface area contributed by atoms with Gasteiger partial charge in [-0.15, -0.1) is 34.7 Å². The lowest BCUT2D eigenvalue weighted by Crippen LogP contribution is -2.71. The number of aromatic nitrogens is 1. The summed E-state index contributed by atoms with van der Waals surface area (Å²) in [7, 11) is 0. The lowest BCUT2D eigenvalue weighted by molar-refractivity contribution is -0.150. The summed E-state index contributed by atoms with van der Waals surface area (Å²) in [6.07, 6.45) is 0. The normalized spacial score (nSPS) is 20.0. The number of carboxylic acids is 1. The first kappa shape index (κ1) is 24.5. The van der Waals surface area contributed by atoms with E-state index in [0.717, 1.165) is 16.2 Å². The molecule has 0 aliphatic carbocycles. The van der Waals surface area contributed by atoms with E-state index in [2.05, 4.69) is 20.8 Å². The number of β-lactam (4-membered cyclic amide) rings is 1. The topological polar surface area (TPSA) is 188 Å². The molecule has 33 heavy (non-hydrogen) atoms. The molecular weight excluding hydrogens is 502 g/mol. The molecule has 1 aromatic heterocycles. The zero-order valence-electron chi connectivity index (χ0n) is 16.7. The second-order valence-corrected chi connectivity index (χ2v) is 8.80. The van der Waals surface area contributed by atoms with E-state index in [1.807, 2.05) is 0 Å². The Morgan fingerprint density at radius 1 is 1.39 bits per heavy atom. The Balaban J connectivity index is 1.72. The zero-order valence-corrected chi connectivity index (χ0v) is 19.1. The van der Waals surface area contributed by atoms with Crippen LogP contribution in [0.4, 0.5) is 5.13 Å². The number of thioether (sulfide) groups is 1. The van der Waals surface area contributed by atoms with Crippen molar-refractivity contribution in [3.8, 4) is 0 Å². The average molecular weight is 518 g/mol. The number of alkyl halides is 1. The second-order valence-electron chi connectivity index (χ2n) is 6.57. The summed E-state index contributed by atoms with van der Waals surface area (Å²) in [5.74, 6) is -4.24. The molecule has 0 radical (unpaired) electrons. The maximum atomic E-state index is 12.7. The maximum Gasteiger partial charge on any atom is 0.352 e. The summed E-state index contributed by atoms with van der Waals surface area (Å²) < 4.78 is 4.86. The minimum absolute atomic E-state index is 0.0559. The van der Waals surface area contributed by atoms with Crippen LogP contribution in [0.15, 0.2) is 21.8 Å². The number of carbonyl (C=O) groups is 5. The number of hydrogen-bond donors (Lipinski definition) is 4. The molecule has 16 heteroatoms. The highest BCUT2D eigenvalue weighted by molar-refractivity contribution is 8.00. The molecule has 3 amide bonds. The number of hydrogen-bond acceptors (Lipinski definition) is 11. The number of esters is 1. The fourth-order valence-electron chi connectivity index (χ4n) is 3.00. The molecule has 2 atom stereocenters. The first-order valence-electron chi connectivity index (χ1n) is 9.05. The van der Waals surface area contributed by atoms with Crippen molar-refractivity contribution in [2.45, 2.75) is 18.3 Å². The molecule has 1 fully saturated rings. The summed E-state index contributed by atoms with van der Waals surface area (Å²) in [4.78, 5) is 64.4. The van der Waals surface area contributed by atoms with Gasteiger partial charge in [0.25, 0.3) is 11.8 Å². The van der Waals surface area contributed by atoms with E-state index in [-0.39, 0.29) is 40.3 Å². The molecule has 4 N–H and O–H groups in total. The third kappa shape index (κ3) is 5.09. The summed E-state index contributed by atoms with van der Waals surface area (Å²) in [6, 6.07) is -1.09. The highest BCUT2D eigenvalue weighted by Crippen LogP contribution is 2.40. The summed E-state index contributed by atoms with van der Waals surface area (Å²) in [5, 5.41) is 27.3. The van der Waals surface area contributed by atoms with Crippen LogP contribution >= 0.6 is 34.7 Å². The number of oxime groups is 1. The van der Waals surface area contributed by atoms with Gasteiger partial charge in [0, 0.05) is 23.6 Å². The van der Waals surface area contributed by atoms with Crippen molar-refractivity contribution in [3.63, 3.8) is 0 Å². The fraction of sp³-hybridized carbons (Fsp3) is 0.353. The van der Waals surface area contributed by atoms with Gasteiger partial charge in [-0.25, -0.2) is 9.78 Å². The molecule has 1 unspecified atom stereocenters. The Morgan fingerprint density at radius 3 is 2.73 bits per heavy atom. The predicted molar refractivity (Wildman–Crippen MR) is 116 cm³/mol. The van der Waals surface area contributed by atoms with Crippen LogP contribution in [-0.4, -0.2) is 85.2 Å². The first-order valence-corrected chi connectivity index (χ1v) is 11.5. The van der Waals surface area contributed by atoms with Crippen LogP contribution in [0, 0.1) is 0 Å². The Labute approximate surface area is 198 Å². The molecule has 176 valence electrons. The average Bonchev–Trinajstić information content (AvgIpc) is 3.23. The monoisotopic (exact) mass is 517 g/mol. The number of amides is 3. The van der Waals surface area contributed by atoms with Crippen LogP contribution in [-0.2, 0) is 28.7 Å². The van der Waals surface area contributed by atoms with Crippen LogP contribution in [0.5, 0.6) is 0 Å². The van der Waals surface area contributed by atoms with E-state index in [9.17, 15) is 34.3 Å². The molecule has 0 aromatic carbocycles. The standard InChI is InChI=1S/C17H16ClN5O8S2/c1-6(24)31-3-7-4-32-15-11(14(27)23(15)12(7)16(28)29)21-13(26)10(22-30)8-5-33-17(19-8)20-9(25)2-18/h5,11,15,30H,2-4H2,1H3,(H,21,26)(H,28,29)(H,19,20,25)/b22-10-/t11?,15-/m1/s1. The number of aliphatic carboxylic acids is 1. The number of fused-ring (bicyclic) bond motifs is 1. The number of nitrogens with zero attached hydrogens (tertiary/aromatic N) is 3. The lowest BCUT2D eigenvalue weighted by Gasteiger charge is -2.49. The van der Waals surface area contributed by atoms with E-state index in [4.69, 9.17) is 16.3 Å². The highest BCUT2D eigenvalue weighted by Gasteiger charge is 2.54. The number of carboxylic acid groups (broad SMARTS) is 1. The van der Waals surface area contributed by atoms with Crippen molar-refractivity contribution in [2.75, 3.05) is 23.6 Å². The number of anilines is 1. The van der Waals surface area contributed by atoms with Gasteiger partial charge in [0.05, 0.1) is 0 Å². The van der Waals surface area contributed by atoms with Gasteiger partial charge in [0.2, 0.25) is 5.91 Å². The molecule has 3 rings (SSSR count). The molecule has 1 aromatic rings. The van der Waals surface area contributed by atoms with Crippen molar-refractivity contribution in [2.24, 2.45) is 5.16 Å². The van der Waals surface area contributed by atoms with Crippen LogP contribution in [0.2, 0.25) is 0 Å². The van der Waals surface area contributed by atoms with Crippen molar-refractivity contribution in [3.05, 3.63) is 22.3 Å². The summed E-state index contributed by atoms with van der Waals surface area (Å²) in [5.41, 5.74) is -0.608. The molecule has 0 saturated carbocycles. The molecule has 2 aliphatic heterocycles. The molecule has 1 saturated heterocycles. The van der Waals surface area contributed by atoms with Crippen LogP contribution < -0.4 is 10.6 Å². The van der Waals surface area contributed by atoms with Crippen molar-refractivity contribution >= 4 is 75.2 Å². The van der Waals surface area contributed by atoms with Gasteiger partial charge in [0.15, 0.2) is 10.8 Å². The number of carbonyl (C=O) groups excluding carboxylic acids is 4. The third-order valence-electron chi connectivity index (χ3n) is 4.42. The van der Waals surface area contributed by atoms with E-state index in [1.165, 1.54) is 24.1 Å². The number of ether oxygens (including phenoxy) is 1. The molecular formula is C17H16ClN5O8S2. The number of thiazole rings is 1. The summed E-state index contributed by atoms with van der Waals surface area (Å²) in [6.45, 7) is 0.906. The van der Waals surface area contributed by atoms with E-state index < -0.39 is 46.8 Å².